The van der Waals surface area contributed by atoms with Crippen LogP contribution in [-0.4, -0.2) is 19.5 Å². The molecule has 6 nitrogen and oxygen atoms in total. The number of carboxylic acids is 1. The molecule has 7 heteroatoms. The van der Waals surface area contributed by atoms with Crippen LogP contribution in [0.5, 0.6) is 0 Å². The lowest BCUT2D eigenvalue weighted by Gasteiger charge is -2.16. The van der Waals surface area contributed by atoms with Crippen LogP contribution in [0.15, 0.2) is 59.5 Å². The summed E-state index contributed by atoms with van der Waals surface area (Å²) in [4.78, 5) is 13.6. The number of aliphatic carboxylic acids is 1. The zero-order chi connectivity index (χ0) is 16.2. The Kier molecular flexibility index (Phi) is 4.92. The van der Waals surface area contributed by atoms with Crippen molar-refractivity contribution < 1.29 is 18.3 Å². The van der Waals surface area contributed by atoms with Gasteiger partial charge in [0.2, 0.25) is 0 Å². The minimum atomic E-state index is -3.85. The van der Waals surface area contributed by atoms with Gasteiger partial charge in [0.15, 0.2) is 0 Å². The summed E-state index contributed by atoms with van der Waals surface area (Å²) in [5, 5.41) is 9.25. The fourth-order valence-corrected chi connectivity index (χ4v) is 3.12. The Labute approximate surface area is 128 Å². The maximum absolute atomic E-state index is 12.2. The maximum atomic E-state index is 12.2. The predicted octanol–water partition coefficient (Wildman–Crippen LogP) is 1.60. The number of hydrazine groups is 1. The van der Waals surface area contributed by atoms with E-state index in [9.17, 15) is 18.3 Å². The summed E-state index contributed by atoms with van der Waals surface area (Å²) in [6.07, 6.45) is 0. The Morgan fingerprint density at radius 2 is 1.64 bits per heavy atom. The van der Waals surface area contributed by atoms with Gasteiger partial charge in [-0.05, 0) is 24.1 Å². The van der Waals surface area contributed by atoms with Gasteiger partial charge in [0.25, 0.3) is 10.0 Å². The third-order valence-electron chi connectivity index (χ3n) is 3.10. The molecule has 1 unspecified atom stereocenters. The molecule has 2 aromatic carbocycles. The number of hydrogen-bond acceptors (Lipinski definition) is 4. The molecule has 22 heavy (non-hydrogen) atoms. The van der Waals surface area contributed by atoms with Crippen LogP contribution in [0, 0.1) is 6.92 Å². The lowest BCUT2D eigenvalue weighted by Crippen LogP contribution is -2.43. The van der Waals surface area contributed by atoms with Crippen molar-refractivity contribution >= 4 is 16.0 Å². The molecular weight excluding hydrogens is 304 g/mol. The van der Waals surface area contributed by atoms with E-state index in [1.54, 1.807) is 55.5 Å². The molecule has 0 bridgehead atoms. The van der Waals surface area contributed by atoms with Gasteiger partial charge in [-0.3, -0.25) is 4.79 Å². The Morgan fingerprint density at radius 3 is 2.23 bits per heavy atom. The number of nitrogens with one attached hydrogen (secondary N) is 2. The Morgan fingerprint density at radius 1 is 1.05 bits per heavy atom. The number of aryl methyl sites for hydroxylation is 1. The van der Waals surface area contributed by atoms with Gasteiger partial charge in [-0.15, -0.1) is 4.83 Å². The van der Waals surface area contributed by atoms with Crippen molar-refractivity contribution in [2.24, 2.45) is 0 Å². The van der Waals surface area contributed by atoms with Gasteiger partial charge in [0.05, 0.1) is 4.90 Å². The monoisotopic (exact) mass is 320 g/mol. The van der Waals surface area contributed by atoms with Gasteiger partial charge in [0.1, 0.15) is 6.04 Å². The lowest BCUT2D eigenvalue weighted by atomic mass is 10.1. The smallest absolute Gasteiger partial charge is 0.326 e. The van der Waals surface area contributed by atoms with E-state index in [0.717, 1.165) is 0 Å². The number of sulfonamides is 1. The van der Waals surface area contributed by atoms with Crippen LogP contribution in [0.25, 0.3) is 0 Å². The standard InChI is InChI=1S/C15H16N2O4S/c1-11-7-5-6-10-13(11)22(20,21)17-16-14(15(18)19)12-8-3-2-4-9-12/h2-10,14,16-17H,1H3,(H,18,19). The van der Waals surface area contributed by atoms with Crippen LogP contribution in [0.4, 0.5) is 0 Å². The van der Waals surface area contributed by atoms with Crippen LogP contribution in [0.1, 0.15) is 17.2 Å². The molecule has 2 rings (SSSR count). The van der Waals surface area contributed by atoms with E-state index in [1.165, 1.54) is 6.07 Å². The molecule has 0 aliphatic heterocycles. The van der Waals surface area contributed by atoms with Gasteiger partial charge >= 0.3 is 5.97 Å². The third-order valence-corrected chi connectivity index (χ3v) is 4.52. The quantitative estimate of drug-likeness (QED) is 0.703. The number of hydrogen-bond donors (Lipinski definition) is 3. The number of carbonyl (C=O) groups is 1. The lowest BCUT2D eigenvalue weighted by molar-refractivity contribution is -0.139. The van der Waals surface area contributed by atoms with Crippen molar-refractivity contribution in [1.29, 1.82) is 0 Å². The molecule has 116 valence electrons. The highest BCUT2D eigenvalue weighted by Gasteiger charge is 2.23. The molecule has 3 N–H and O–H groups in total. The van der Waals surface area contributed by atoms with E-state index in [1.807, 2.05) is 0 Å². The van der Waals surface area contributed by atoms with E-state index in [4.69, 9.17) is 0 Å². The minimum Gasteiger partial charge on any atom is -0.480 e. The molecule has 0 saturated carbocycles. The molecule has 0 radical (unpaired) electrons. The van der Waals surface area contributed by atoms with Gasteiger partial charge in [-0.1, -0.05) is 48.5 Å². The molecule has 0 amide bonds. The van der Waals surface area contributed by atoms with E-state index in [-0.39, 0.29) is 4.90 Å². The molecule has 0 aromatic heterocycles. The largest absolute Gasteiger partial charge is 0.480 e. The highest BCUT2D eigenvalue weighted by molar-refractivity contribution is 7.89. The zero-order valence-electron chi connectivity index (χ0n) is 11.9. The maximum Gasteiger partial charge on any atom is 0.326 e. The Bertz CT molecular complexity index is 760. The van der Waals surface area contributed by atoms with Gasteiger partial charge in [-0.2, -0.15) is 0 Å². The second-order valence-corrected chi connectivity index (χ2v) is 6.35. The van der Waals surface area contributed by atoms with Crippen LogP contribution in [0.2, 0.25) is 0 Å². The SMILES string of the molecule is Cc1ccccc1S(=O)(=O)NNC(C(=O)O)c1ccccc1. The van der Waals surface area contributed by atoms with Crippen molar-refractivity contribution in [2.75, 3.05) is 0 Å². The first-order valence-corrected chi connectivity index (χ1v) is 8.01. The molecule has 1 atom stereocenters. The van der Waals surface area contributed by atoms with Crippen molar-refractivity contribution in [2.45, 2.75) is 17.9 Å². The number of carboxylic acid groups (broad SMARTS) is 1. The minimum absolute atomic E-state index is 0.0969. The van der Waals surface area contributed by atoms with Gasteiger partial charge in [-0.25, -0.2) is 13.8 Å². The Hall–Kier alpha value is -2.22. The summed E-state index contributed by atoms with van der Waals surface area (Å²) in [6.45, 7) is 1.67. The van der Waals surface area contributed by atoms with Crippen molar-refractivity contribution in [3.63, 3.8) is 0 Å². The first kappa shape index (κ1) is 16.2. The van der Waals surface area contributed by atoms with E-state index in [2.05, 4.69) is 10.3 Å². The predicted molar refractivity (Wildman–Crippen MR) is 81.5 cm³/mol. The average molecular weight is 320 g/mol. The Balaban J connectivity index is 2.20. The van der Waals surface area contributed by atoms with Gasteiger partial charge < -0.3 is 5.11 Å². The fourth-order valence-electron chi connectivity index (χ4n) is 1.98. The number of rotatable bonds is 6. The molecule has 0 heterocycles. The van der Waals surface area contributed by atoms with E-state index in [0.29, 0.717) is 11.1 Å². The van der Waals surface area contributed by atoms with Crippen molar-refractivity contribution in [3.8, 4) is 0 Å². The van der Waals surface area contributed by atoms with Crippen molar-refractivity contribution in [1.82, 2.24) is 10.3 Å². The second-order valence-electron chi connectivity index (χ2n) is 4.70. The fraction of sp³-hybridized carbons (Fsp3) is 0.133. The third kappa shape index (κ3) is 3.70. The van der Waals surface area contributed by atoms with Crippen LogP contribution in [-0.2, 0) is 14.8 Å². The molecule has 0 fully saturated rings. The topological polar surface area (TPSA) is 95.5 Å². The van der Waals surface area contributed by atoms with Crippen molar-refractivity contribution in [3.05, 3.63) is 65.7 Å². The summed E-state index contributed by atoms with van der Waals surface area (Å²) in [5.41, 5.74) is 3.38. The van der Waals surface area contributed by atoms with E-state index >= 15 is 0 Å². The number of benzene rings is 2. The molecule has 2 aromatic rings. The molecule has 0 saturated heterocycles. The molecule has 0 spiro atoms. The zero-order valence-corrected chi connectivity index (χ0v) is 12.7. The van der Waals surface area contributed by atoms with Crippen LogP contribution in [0.3, 0.4) is 0 Å². The van der Waals surface area contributed by atoms with Gasteiger partial charge in [0, 0.05) is 0 Å². The van der Waals surface area contributed by atoms with Crippen LogP contribution < -0.4 is 10.3 Å². The molecular formula is C15H16N2O4S. The van der Waals surface area contributed by atoms with E-state index < -0.39 is 22.0 Å². The highest BCUT2D eigenvalue weighted by atomic mass is 32.2. The summed E-state index contributed by atoms with van der Waals surface area (Å²) in [5.74, 6) is -1.18. The first-order chi connectivity index (χ1) is 10.4. The summed E-state index contributed by atoms with van der Waals surface area (Å²) in [7, 11) is -3.85. The summed E-state index contributed by atoms with van der Waals surface area (Å²) >= 11 is 0. The van der Waals surface area contributed by atoms with Crippen LogP contribution >= 0.6 is 0 Å². The molecule has 0 aliphatic carbocycles. The summed E-state index contributed by atoms with van der Waals surface area (Å²) < 4.78 is 24.5. The average Bonchev–Trinajstić information content (AvgIpc) is 2.48. The second kappa shape index (κ2) is 6.69. The normalized spacial score (nSPS) is 12.8. The first-order valence-electron chi connectivity index (χ1n) is 6.52. The summed E-state index contributed by atoms with van der Waals surface area (Å²) in [6, 6.07) is 13.6. The highest BCUT2D eigenvalue weighted by Crippen LogP contribution is 2.15. The molecule has 0 aliphatic rings.